The van der Waals surface area contributed by atoms with E-state index in [4.69, 9.17) is 9.47 Å². The molecular formula is C20H25N3O4. The summed E-state index contributed by atoms with van der Waals surface area (Å²) in [6, 6.07) is 2.03. The first kappa shape index (κ1) is 18.9. The Kier molecular flexibility index (Phi) is 6.11. The first-order valence-corrected chi connectivity index (χ1v) is 9.24. The van der Waals surface area contributed by atoms with Crippen molar-refractivity contribution in [1.82, 2.24) is 9.78 Å². The summed E-state index contributed by atoms with van der Waals surface area (Å²) in [7, 11) is 0. The topological polar surface area (TPSA) is 85.9 Å². The van der Waals surface area contributed by atoms with E-state index in [0.29, 0.717) is 12.9 Å². The molecule has 7 heteroatoms. The van der Waals surface area contributed by atoms with E-state index in [1.165, 1.54) is 11.1 Å². The maximum Gasteiger partial charge on any atom is 0.294 e. The third-order valence-electron chi connectivity index (χ3n) is 4.99. The van der Waals surface area contributed by atoms with Crippen LogP contribution in [0.4, 0.5) is 0 Å². The molecule has 1 aliphatic heterocycles. The predicted molar refractivity (Wildman–Crippen MR) is 102 cm³/mol. The normalized spacial score (nSPS) is 22.7. The lowest BCUT2D eigenvalue weighted by molar-refractivity contribution is -0.105. The summed E-state index contributed by atoms with van der Waals surface area (Å²) in [6.45, 7) is 5.93. The summed E-state index contributed by atoms with van der Waals surface area (Å²) < 4.78 is 13.7. The second-order valence-corrected chi connectivity index (χ2v) is 6.63. The van der Waals surface area contributed by atoms with Crippen molar-refractivity contribution in [3.63, 3.8) is 0 Å². The third-order valence-corrected chi connectivity index (χ3v) is 4.99. The zero-order valence-electron chi connectivity index (χ0n) is 15.6. The van der Waals surface area contributed by atoms with Crippen molar-refractivity contribution in [2.45, 2.75) is 45.1 Å². The molecule has 0 fully saturated rings. The zero-order chi connectivity index (χ0) is 19.2. The van der Waals surface area contributed by atoms with Gasteiger partial charge in [-0.2, -0.15) is 5.10 Å². The van der Waals surface area contributed by atoms with Crippen molar-refractivity contribution in [2.24, 2.45) is 4.99 Å². The molecule has 1 aliphatic carbocycles. The van der Waals surface area contributed by atoms with Crippen LogP contribution >= 0.6 is 0 Å². The molecule has 0 spiro atoms. The van der Waals surface area contributed by atoms with Crippen LogP contribution in [0.2, 0.25) is 0 Å². The minimum absolute atomic E-state index is 0.00822. The van der Waals surface area contributed by atoms with Gasteiger partial charge in [-0.1, -0.05) is 6.92 Å². The molecule has 1 atom stereocenters. The Hall–Kier alpha value is -2.83. The molecule has 0 aromatic carbocycles. The summed E-state index contributed by atoms with van der Waals surface area (Å²) in [4.78, 5) is 15.1. The van der Waals surface area contributed by atoms with Crippen LogP contribution in [-0.2, 0) is 14.3 Å². The number of aliphatic hydroxyl groups excluding tert-OH is 1. The second-order valence-electron chi connectivity index (χ2n) is 6.63. The first-order chi connectivity index (χ1) is 13.2. The lowest BCUT2D eigenvalue weighted by Crippen LogP contribution is -2.22. The quantitative estimate of drug-likeness (QED) is 0.377. The molecule has 1 N–H and O–H groups in total. The van der Waals surface area contributed by atoms with Crippen molar-refractivity contribution in [3.05, 3.63) is 47.0 Å². The van der Waals surface area contributed by atoms with Crippen LogP contribution in [-0.4, -0.2) is 41.1 Å². The van der Waals surface area contributed by atoms with Crippen LogP contribution in [0.15, 0.2) is 46.3 Å². The summed E-state index contributed by atoms with van der Waals surface area (Å²) in [5.74, 6) is -0.327. The number of allylic oxidation sites excluding steroid dienone is 2. The largest absolute Gasteiger partial charge is 0.505 e. The van der Waals surface area contributed by atoms with Gasteiger partial charge in [0.1, 0.15) is 18.8 Å². The Morgan fingerprint density at radius 2 is 2.26 bits per heavy atom. The Balaban J connectivity index is 2.07. The van der Waals surface area contributed by atoms with Crippen molar-refractivity contribution >= 4 is 18.6 Å². The van der Waals surface area contributed by atoms with E-state index in [9.17, 15) is 9.90 Å². The molecule has 1 aromatic heterocycles. The molecule has 1 aromatic rings. The number of carbonyl (C=O) groups is 1. The SMILES string of the molecule is C=N/C=C(O)\C(C=O)=C1\OCC2=C(CCCC2)c2ccnn2C(CC)CO1. The second kappa shape index (κ2) is 8.70. The molecule has 0 bridgehead atoms. The number of aldehydes is 1. The molecule has 2 aliphatic rings. The fourth-order valence-corrected chi connectivity index (χ4v) is 3.53. The van der Waals surface area contributed by atoms with Crippen molar-refractivity contribution in [1.29, 1.82) is 0 Å². The fourth-order valence-electron chi connectivity index (χ4n) is 3.53. The molecule has 144 valence electrons. The number of hydrogen-bond acceptors (Lipinski definition) is 6. The van der Waals surface area contributed by atoms with Crippen LogP contribution < -0.4 is 0 Å². The highest BCUT2D eigenvalue weighted by Gasteiger charge is 2.25. The van der Waals surface area contributed by atoms with E-state index < -0.39 is 0 Å². The van der Waals surface area contributed by atoms with Gasteiger partial charge < -0.3 is 14.6 Å². The monoisotopic (exact) mass is 371 g/mol. The lowest BCUT2D eigenvalue weighted by atomic mass is 9.90. The van der Waals surface area contributed by atoms with E-state index in [1.54, 1.807) is 0 Å². The highest BCUT2D eigenvalue weighted by Crippen LogP contribution is 2.35. The number of aliphatic imine (C=N–C) groups is 1. The van der Waals surface area contributed by atoms with Gasteiger partial charge in [0.2, 0.25) is 0 Å². The zero-order valence-corrected chi connectivity index (χ0v) is 15.6. The number of carbonyl (C=O) groups excluding carboxylic acids is 1. The van der Waals surface area contributed by atoms with Gasteiger partial charge in [-0.05, 0) is 56.0 Å². The molecule has 7 nitrogen and oxygen atoms in total. The van der Waals surface area contributed by atoms with Gasteiger partial charge in [-0.15, -0.1) is 0 Å². The van der Waals surface area contributed by atoms with Crippen LogP contribution in [0.1, 0.15) is 50.8 Å². The van der Waals surface area contributed by atoms with Crippen LogP contribution in [0.3, 0.4) is 0 Å². The summed E-state index contributed by atoms with van der Waals surface area (Å²) in [5.41, 5.74) is 3.48. The standard InChI is InChI=1S/C20H25N3O4/c1-3-15-13-27-20(17(11-24)19(25)10-21-2)26-12-14-6-4-5-7-16(14)18-8-9-22-23(15)18/h8-11,15,25H,2-7,12-13H2,1H3/b19-10+,20-17-. The molecule has 2 heterocycles. The molecule has 27 heavy (non-hydrogen) atoms. The molecule has 3 rings (SSSR count). The average molecular weight is 371 g/mol. The Labute approximate surface area is 158 Å². The Morgan fingerprint density at radius 1 is 1.44 bits per heavy atom. The fraction of sp³-hybridized carbons (Fsp3) is 0.450. The molecule has 1 unspecified atom stereocenters. The molecule has 0 saturated heterocycles. The van der Waals surface area contributed by atoms with Gasteiger partial charge >= 0.3 is 0 Å². The van der Waals surface area contributed by atoms with E-state index >= 15 is 0 Å². The number of aromatic nitrogens is 2. The minimum Gasteiger partial charge on any atom is -0.505 e. The lowest BCUT2D eigenvalue weighted by Gasteiger charge is -2.27. The van der Waals surface area contributed by atoms with Crippen LogP contribution in [0, 0.1) is 0 Å². The van der Waals surface area contributed by atoms with Crippen LogP contribution in [0.5, 0.6) is 0 Å². The van der Waals surface area contributed by atoms with Gasteiger partial charge in [0, 0.05) is 6.20 Å². The van der Waals surface area contributed by atoms with Gasteiger partial charge in [-0.3, -0.25) is 14.5 Å². The summed E-state index contributed by atoms with van der Waals surface area (Å²) in [6.07, 6.45) is 8.35. The highest BCUT2D eigenvalue weighted by molar-refractivity contribution is 5.79. The van der Waals surface area contributed by atoms with Gasteiger partial charge in [-0.25, -0.2) is 0 Å². The maximum absolute atomic E-state index is 11.6. The van der Waals surface area contributed by atoms with Gasteiger partial charge in [0.05, 0.1) is 17.9 Å². The predicted octanol–water partition coefficient (Wildman–Crippen LogP) is 3.72. The van der Waals surface area contributed by atoms with Gasteiger partial charge in [0.15, 0.2) is 12.0 Å². The average Bonchev–Trinajstić information content (AvgIpc) is 3.16. The minimum atomic E-state index is -0.335. The van der Waals surface area contributed by atoms with E-state index in [1.807, 2.05) is 16.9 Å². The molecule has 0 saturated carbocycles. The smallest absolute Gasteiger partial charge is 0.294 e. The number of aliphatic hydroxyl groups is 1. The Morgan fingerprint density at radius 3 is 3.00 bits per heavy atom. The van der Waals surface area contributed by atoms with Crippen molar-refractivity contribution < 1.29 is 19.4 Å². The number of fused-ring (bicyclic) bond motifs is 2. The third kappa shape index (κ3) is 3.97. The highest BCUT2D eigenvalue weighted by atomic mass is 16.7. The van der Waals surface area contributed by atoms with E-state index in [2.05, 4.69) is 23.7 Å². The van der Waals surface area contributed by atoms with Crippen molar-refractivity contribution in [2.75, 3.05) is 13.2 Å². The number of ether oxygens (including phenoxy) is 2. The number of hydrogen-bond donors (Lipinski definition) is 1. The van der Waals surface area contributed by atoms with E-state index in [0.717, 1.165) is 44.0 Å². The Bertz CT molecular complexity index is 804. The summed E-state index contributed by atoms with van der Waals surface area (Å²) >= 11 is 0. The van der Waals surface area contributed by atoms with Crippen molar-refractivity contribution in [3.8, 4) is 0 Å². The number of nitrogens with zero attached hydrogens (tertiary/aromatic N) is 3. The van der Waals surface area contributed by atoms with Crippen LogP contribution in [0.25, 0.3) is 5.57 Å². The first-order valence-electron chi connectivity index (χ1n) is 9.24. The van der Waals surface area contributed by atoms with Gasteiger partial charge in [0.25, 0.3) is 5.95 Å². The molecular weight excluding hydrogens is 346 g/mol. The number of rotatable bonds is 4. The maximum atomic E-state index is 11.6. The van der Waals surface area contributed by atoms with E-state index in [-0.39, 0.29) is 29.9 Å². The summed E-state index contributed by atoms with van der Waals surface area (Å²) in [5, 5.41) is 14.6. The molecule has 0 amide bonds. The molecule has 0 radical (unpaired) electrons.